The number of halogens is 1. The van der Waals surface area contributed by atoms with E-state index in [9.17, 15) is 14.0 Å². The fourth-order valence-electron chi connectivity index (χ4n) is 5.23. The Morgan fingerprint density at radius 1 is 1.09 bits per heavy atom. The van der Waals surface area contributed by atoms with Crippen LogP contribution in [0.3, 0.4) is 0 Å². The zero-order valence-corrected chi connectivity index (χ0v) is 18.9. The van der Waals surface area contributed by atoms with Crippen LogP contribution in [-0.2, 0) is 0 Å². The van der Waals surface area contributed by atoms with E-state index >= 15 is 0 Å². The summed E-state index contributed by atoms with van der Waals surface area (Å²) < 4.78 is 14.6. The molecule has 2 fully saturated rings. The van der Waals surface area contributed by atoms with Gasteiger partial charge in [-0.3, -0.25) is 14.8 Å². The van der Waals surface area contributed by atoms with Crippen LogP contribution in [-0.4, -0.2) is 33.1 Å². The van der Waals surface area contributed by atoms with Crippen LogP contribution in [0, 0.1) is 11.7 Å². The lowest BCUT2D eigenvalue weighted by molar-refractivity contribution is 0.102. The summed E-state index contributed by atoms with van der Waals surface area (Å²) >= 11 is 0. The van der Waals surface area contributed by atoms with Crippen molar-refractivity contribution >= 4 is 28.6 Å². The zero-order chi connectivity index (χ0) is 23.8. The van der Waals surface area contributed by atoms with E-state index in [1.165, 1.54) is 12.1 Å². The zero-order valence-electron chi connectivity index (χ0n) is 18.9. The first-order chi connectivity index (χ1) is 16.4. The second-order valence-corrected chi connectivity index (χ2v) is 9.61. The van der Waals surface area contributed by atoms with Gasteiger partial charge < -0.3 is 15.7 Å². The van der Waals surface area contributed by atoms with Crippen LogP contribution in [0.25, 0.3) is 10.9 Å². The maximum Gasteiger partial charge on any atom is 0.404 e. The van der Waals surface area contributed by atoms with Gasteiger partial charge in [-0.25, -0.2) is 9.18 Å². The monoisotopic (exact) mass is 462 g/mol. The standard InChI is InChI=1S/C26H27FN4O3/c1-14-8-16(10-18(9-14)30-26(33)34)19-6-7-28-13-23(19)31-25(32)20-4-5-22(27)21-11-17(15-2-3-15)12-29-24(20)21/h4-7,11-16,18,30H,2-3,8-10H2,1H3,(H,31,32)(H,33,34)/t14-,16+,18-/m0/s1. The number of carbonyl (C=O) groups excluding carboxylic acids is 1. The number of nitrogens with zero attached hydrogens (tertiary/aromatic N) is 2. The van der Waals surface area contributed by atoms with E-state index in [1.807, 2.05) is 6.07 Å². The number of nitrogens with one attached hydrogen (secondary N) is 2. The van der Waals surface area contributed by atoms with E-state index in [0.717, 1.165) is 36.8 Å². The van der Waals surface area contributed by atoms with Gasteiger partial charge in [0.15, 0.2) is 0 Å². The summed E-state index contributed by atoms with van der Waals surface area (Å²) in [6.45, 7) is 2.11. The van der Waals surface area contributed by atoms with Crippen LogP contribution in [0.5, 0.6) is 0 Å². The first kappa shape index (κ1) is 22.3. The number of anilines is 1. The van der Waals surface area contributed by atoms with Crippen molar-refractivity contribution in [2.24, 2.45) is 5.92 Å². The van der Waals surface area contributed by atoms with E-state index in [-0.39, 0.29) is 17.9 Å². The molecular weight excluding hydrogens is 435 g/mol. The smallest absolute Gasteiger partial charge is 0.404 e. The lowest BCUT2D eigenvalue weighted by Gasteiger charge is -2.34. The Hall–Kier alpha value is -3.55. The highest BCUT2D eigenvalue weighted by Gasteiger charge is 2.30. The second-order valence-electron chi connectivity index (χ2n) is 9.61. The van der Waals surface area contributed by atoms with Crippen molar-refractivity contribution in [3.63, 3.8) is 0 Å². The number of hydrogen-bond donors (Lipinski definition) is 3. The molecule has 0 aliphatic heterocycles. The molecule has 2 aliphatic carbocycles. The molecule has 0 bridgehead atoms. The van der Waals surface area contributed by atoms with Gasteiger partial charge in [0.05, 0.1) is 23.0 Å². The lowest BCUT2D eigenvalue weighted by Crippen LogP contribution is -2.39. The molecule has 3 N–H and O–H groups in total. The van der Waals surface area contributed by atoms with Gasteiger partial charge in [0.2, 0.25) is 0 Å². The van der Waals surface area contributed by atoms with Gasteiger partial charge in [-0.15, -0.1) is 0 Å². The SMILES string of the molecule is C[C@@H]1C[C@H](NC(=O)O)C[C@H](c2ccncc2NC(=O)c2ccc(F)c3cc(C4CC4)cnc23)C1. The number of carboxylic acid groups (broad SMARTS) is 1. The van der Waals surface area contributed by atoms with Crippen LogP contribution in [0.2, 0.25) is 0 Å². The Morgan fingerprint density at radius 3 is 2.68 bits per heavy atom. The number of carbonyl (C=O) groups is 2. The Kier molecular flexibility index (Phi) is 5.89. The fraction of sp³-hybridized carbons (Fsp3) is 0.385. The van der Waals surface area contributed by atoms with Crippen LogP contribution < -0.4 is 10.6 Å². The Bertz CT molecular complexity index is 1260. The first-order valence-corrected chi connectivity index (χ1v) is 11.7. The molecule has 5 rings (SSSR count). The van der Waals surface area contributed by atoms with Crippen LogP contribution in [0.15, 0.2) is 42.9 Å². The summed E-state index contributed by atoms with van der Waals surface area (Å²) in [5.41, 5.74) is 3.14. The predicted octanol–water partition coefficient (Wildman–Crippen LogP) is 5.44. The summed E-state index contributed by atoms with van der Waals surface area (Å²) in [6, 6.07) is 6.31. The topological polar surface area (TPSA) is 104 Å². The van der Waals surface area contributed by atoms with Gasteiger partial charge in [-0.05, 0) is 85.3 Å². The van der Waals surface area contributed by atoms with Crippen molar-refractivity contribution < 1.29 is 19.1 Å². The number of hydrogen-bond acceptors (Lipinski definition) is 4. The molecule has 0 spiro atoms. The van der Waals surface area contributed by atoms with Crippen molar-refractivity contribution in [2.75, 3.05) is 5.32 Å². The minimum atomic E-state index is -1.03. The minimum absolute atomic E-state index is 0.0723. The molecule has 176 valence electrons. The third-order valence-corrected chi connectivity index (χ3v) is 6.92. The van der Waals surface area contributed by atoms with Crippen molar-refractivity contribution in [1.82, 2.24) is 15.3 Å². The van der Waals surface area contributed by atoms with Crippen molar-refractivity contribution in [1.29, 1.82) is 0 Å². The van der Waals surface area contributed by atoms with Gasteiger partial charge in [0.1, 0.15) is 5.82 Å². The lowest BCUT2D eigenvalue weighted by atomic mass is 9.76. The summed E-state index contributed by atoms with van der Waals surface area (Å²) in [6.07, 6.45) is 8.49. The van der Waals surface area contributed by atoms with Crippen LogP contribution in [0.1, 0.15) is 72.3 Å². The number of benzene rings is 1. The Labute approximate surface area is 196 Å². The van der Waals surface area contributed by atoms with E-state index in [2.05, 4.69) is 27.5 Å². The average Bonchev–Trinajstić information content (AvgIpc) is 3.64. The average molecular weight is 463 g/mol. The number of fused-ring (bicyclic) bond motifs is 1. The molecule has 1 aromatic carbocycles. The summed E-state index contributed by atoms with van der Waals surface area (Å²) in [5.74, 6) is 0.0668. The molecule has 0 radical (unpaired) electrons. The second kappa shape index (κ2) is 9.00. The highest BCUT2D eigenvalue weighted by Crippen LogP contribution is 2.41. The van der Waals surface area contributed by atoms with E-state index in [0.29, 0.717) is 40.4 Å². The summed E-state index contributed by atoms with van der Waals surface area (Å²) in [5, 5.41) is 15.1. The van der Waals surface area contributed by atoms with Crippen LogP contribution in [0.4, 0.5) is 14.9 Å². The van der Waals surface area contributed by atoms with Crippen molar-refractivity contribution in [3.8, 4) is 0 Å². The van der Waals surface area contributed by atoms with Gasteiger partial charge >= 0.3 is 6.09 Å². The maximum absolute atomic E-state index is 14.6. The summed E-state index contributed by atoms with van der Waals surface area (Å²) in [7, 11) is 0. The molecule has 2 aliphatic rings. The molecule has 2 heterocycles. The van der Waals surface area contributed by atoms with Gasteiger partial charge in [-0.2, -0.15) is 0 Å². The number of aromatic nitrogens is 2. The molecule has 3 atom stereocenters. The molecule has 0 saturated heterocycles. The fourth-order valence-corrected chi connectivity index (χ4v) is 5.23. The van der Waals surface area contributed by atoms with Crippen LogP contribution >= 0.6 is 0 Å². The molecular formula is C26H27FN4O3. The third-order valence-electron chi connectivity index (χ3n) is 6.92. The van der Waals surface area contributed by atoms with E-state index in [4.69, 9.17) is 5.11 Å². The molecule has 7 nitrogen and oxygen atoms in total. The highest BCUT2D eigenvalue weighted by molar-refractivity contribution is 6.12. The quantitative estimate of drug-likeness (QED) is 0.468. The molecule has 2 aromatic heterocycles. The molecule has 0 unspecified atom stereocenters. The van der Waals surface area contributed by atoms with Gasteiger partial charge in [0.25, 0.3) is 5.91 Å². The number of amides is 2. The Morgan fingerprint density at radius 2 is 1.91 bits per heavy atom. The van der Waals surface area contributed by atoms with Gasteiger partial charge in [-0.1, -0.05) is 6.92 Å². The van der Waals surface area contributed by atoms with Gasteiger partial charge in [0, 0.05) is 23.8 Å². The molecule has 2 amide bonds. The summed E-state index contributed by atoms with van der Waals surface area (Å²) in [4.78, 5) is 33.1. The van der Waals surface area contributed by atoms with E-state index < -0.39 is 11.9 Å². The van der Waals surface area contributed by atoms with Crippen molar-refractivity contribution in [3.05, 3.63) is 65.4 Å². The van der Waals surface area contributed by atoms with Crippen molar-refractivity contribution in [2.45, 2.75) is 56.9 Å². The number of rotatable bonds is 5. The number of pyridine rings is 2. The first-order valence-electron chi connectivity index (χ1n) is 11.7. The predicted molar refractivity (Wildman–Crippen MR) is 127 cm³/mol. The van der Waals surface area contributed by atoms with E-state index in [1.54, 1.807) is 24.7 Å². The molecule has 34 heavy (non-hydrogen) atoms. The Balaban J connectivity index is 1.42. The molecule has 3 aromatic rings. The maximum atomic E-state index is 14.6. The minimum Gasteiger partial charge on any atom is -0.465 e. The normalized spacial score (nSPS) is 22.4. The molecule has 8 heteroatoms. The highest BCUT2D eigenvalue weighted by atomic mass is 19.1. The largest absolute Gasteiger partial charge is 0.465 e. The molecule has 2 saturated carbocycles. The third kappa shape index (κ3) is 4.58.